The van der Waals surface area contributed by atoms with Crippen LogP contribution in [0.3, 0.4) is 0 Å². The first-order valence-electron chi connectivity index (χ1n) is 7.16. The molecule has 0 aromatic heterocycles. The summed E-state index contributed by atoms with van der Waals surface area (Å²) in [6.07, 6.45) is 5.48. The van der Waals surface area contributed by atoms with E-state index in [9.17, 15) is 0 Å². The molecular formula is C15H21BrN2O. The van der Waals surface area contributed by atoms with Crippen molar-refractivity contribution in [3.8, 4) is 0 Å². The zero-order valence-electron chi connectivity index (χ0n) is 11.1. The molecule has 2 unspecified atom stereocenters. The Morgan fingerprint density at radius 3 is 3.00 bits per heavy atom. The Morgan fingerprint density at radius 1 is 1.32 bits per heavy atom. The first kappa shape index (κ1) is 13.4. The van der Waals surface area contributed by atoms with Gasteiger partial charge in [-0.3, -0.25) is 0 Å². The summed E-state index contributed by atoms with van der Waals surface area (Å²) in [5, 5.41) is 0. The molecule has 0 amide bonds. The van der Waals surface area contributed by atoms with Gasteiger partial charge in [0.2, 0.25) is 0 Å². The van der Waals surface area contributed by atoms with E-state index in [2.05, 4.69) is 39.0 Å². The second kappa shape index (κ2) is 5.81. The topological polar surface area (TPSA) is 38.5 Å². The third-order valence-electron chi connectivity index (χ3n) is 4.30. The number of benzene rings is 1. The van der Waals surface area contributed by atoms with Crippen molar-refractivity contribution < 1.29 is 4.74 Å². The van der Waals surface area contributed by atoms with E-state index >= 15 is 0 Å². The van der Waals surface area contributed by atoms with Gasteiger partial charge in [-0.15, -0.1) is 0 Å². The molecular weight excluding hydrogens is 304 g/mol. The van der Waals surface area contributed by atoms with Crippen LogP contribution in [0.1, 0.15) is 31.2 Å². The maximum Gasteiger partial charge on any atom is 0.0779 e. The number of nitrogens with two attached hydrogens (primary N) is 1. The molecule has 0 radical (unpaired) electrons. The van der Waals surface area contributed by atoms with Crippen molar-refractivity contribution in [2.45, 2.75) is 44.4 Å². The van der Waals surface area contributed by atoms with E-state index in [1.54, 1.807) is 0 Å². The number of hydrogen-bond acceptors (Lipinski definition) is 3. The van der Waals surface area contributed by atoms with E-state index in [1.807, 2.05) is 0 Å². The molecule has 1 aliphatic carbocycles. The summed E-state index contributed by atoms with van der Waals surface area (Å²) < 4.78 is 7.05. The zero-order chi connectivity index (χ0) is 13.2. The number of nitrogens with zero attached hydrogens (tertiary/aromatic N) is 1. The summed E-state index contributed by atoms with van der Waals surface area (Å²) in [6.45, 7) is 2.40. The Balaban J connectivity index is 1.91. The van der Waals surface area contributed by atoms with Crippen molar-refractivity contribution >= 4 is 21.6 Å². The fraction of sp³-hybridized carbons (Fsp3) is 0.600. The standard InChI is InChI=1S/C15H21BrN2O/c16-12-5-6-13(11(9-12)10-17)18-7-8-19-15-4-2-1-3-14(15)18/h5-6,9,14-15H,1-4,7-8,10,17H2. The molecule has 1 aromatic carbocycles. The fourth-order valence-corrected chi connectivity index (χ4v) is 3.80. The van der Waals surface area contributed by atoms with Crippen molar-refractivity contribution in [1.82, 2.24) is 0 Å². The van der Waals surface area contributed by atoms with Crippen LogP contribution in [0, 0.1) is 0 Å². The Labute approximate surface area is 123 Å². The van der Waals surface area contributed by atoms with E-state index in [0.717, 1.165) is 17.6 Å². The average Bonchev–Trinajstić information content (AvgIpc) is 2.46. The molecule has 0 bridgehead atoms. The van der Waals surface area contributed by atoms with Gasteiger partial charge in [-0.1, -0.05) is 28.8 Å². The third kappa shape index (κ3) is 2.67. The number of rotatable bonds is 2. The van der Waals surface area contributed by atoms with Crippen molar-refractivity contribution in [3.63, 3.8) is 0 Å². The molecule has 1 saturated heterocycles. The first-order valence-corrected chi connectivity index (χ1v) is 7.95. The minimum atomic E-state index is 0.414. The minimum Gasteiger partial charge on any atom is -0.374 e. The van der Waals surface area contributed by atoms with Gasteiger partial charge < -0.3 is 15.4 Å². The average molecular weight is 325 g/mol. The van der Waals surface area contributed by atoms with E-state index < -0.39 is 0 Å². The van der Waals surface area contributed by atoms with Crippen LogP contribution in [-0.4, -0.2) is 25.3 Å². The van der Waals surface area contributed by atoms with Gasteiger partial charge >= 0.3 is 0 Å². The van der Waals surface area contributed by atoms with Crippen molar-refractivity contribution in [2.75, 3.05) is 18.1 Å². The van der Waals surface area contributed by atoms with Gasteiger partial charge in [0.15, 0.2) is 0 Å². The van der Waals surface area contributed by atoms with Crippen LogP contribution in [0.2, 0.25) is 0 Å². The van der Waals surface area contributed by atoms with Gasteiger partial charge in [0, 0.05) is 23.2 Å². The van der Waals surface area contributed by atoms with Crippen LogP contribution < -0.4 is 10.6 Å². The molecule has 104 valence electrons. The molecule has 3 rings (SSSR count). The summed E-state index contributed by atoms with van der Waals surface area (Å²) in [4.78, 5) is 2.53. The highest BCUT2D eigenvalue weighted by molar-refractivity contribution is 9.10. The maximum atomic E-state index is 5.95. The van der Waals surface area contributed by atoms with Crippen LogP contribution in [0.4, 0.5) is 5.69 Å². The normalized spacial score (nSPS) is 27.2. The minimum absolute atomic E-state index is 0.414. The van der Waals surface area contributed by atoms with Crippen LogP contribution >= 0.6 is 15.9 Å². The molecule has 19 heavy (non-hydrogen) atoms. The van der Waals surface area contributed by atoms with Gasteiger partial charge in [0.1, 0.15) is 0 Å². The maximum absolute atomic E-state index is 5.95. The molecule has 2 fully saturated rings. The van der Waals surface area contributed by atoms with Crippen molar-refractivity contribution in [3.05, 3.63) is 28.2 Å². The molecule has 0 spiro atoms. The quantitative estimate of drug-likeness (QED) is 0.908. The fourth-order valence-electron chi connectivity index (χ4n) is 3.39. The summed E-state index contributed by atoms with van der Waals surface area (Å²) >= 11 is 3.53. The Hall–Kier alpha value is -0.580. The number of hydrogen-bond donors (Lipinski definition) is 1. The molecule has 1 aliphatic heterocycles. The van der Waals surface area contributed by atoms with E-state index in [-0.39, 0.29) is 0 Å². The zero-order valence-corrected chi connectivity index (χ0v) is 12.7. The lowest BCUT2D eigenvalue weighted by atomic mass is 9.89. The monoisotopic (exact) mass is 324 g/mol. The Kier molecular flexibility index (Phi) is 4.10. The molecule has 4 heteroatoms. The van der Waals surface area contributed by atoms with E-state index in [4.69, 9.17) is 10.5 Å². The summed E-state index contributed by atoms with van der Waals surface area (Å²) in [7, 11) is 0. The lowest BCUT2D eigenvalue weighted by molar-refractivity contribution is -0.00873. The smallest absolute Gasteiger partial charge is 0.0779 e. The summed E-state index contributed by atoms with van der Waals surface area (Å²) in [6, 6.07) is 6.99. The SMILES string of the molecule is NCc1cc(Br)ccc1N1CCOC2CCCCC21. The van der Waals surface area contributed by atoms with E-state index in [1.165, 1.54) is 36.9 Å². The predicted octanol–water partition coefficient (Wildman–Crippen LogP) is 3.06. The lowest BCUT2D eigenvalue weighted by Crippen LogP contribution is -2.53. The van der Waals surface area contributed by atoms with Gasteiger partial charge in [0.05, 0.1) is 18.8 Å². The summed E-state index contributed by atoms with van der Waals surface area (Å²) in [5.74, 6) is 0. The Morgan fingerprint density at radius 2 is 2.16 bits per heavy atom. The predicted molar refractivity (Wildman–Crippen MR) is 81.4 cm³/mol. The number of anilines is 1. The van der Waals surface area contributed by atoms with Crippen molar-refractivity contribution in [1.29, 1.82) is 0 Å². The molecule has 3 nitrogen and oxygen atoms in total. The largest absolute Gasteiger partial charge is 0.374 e. The van der Waals surface area contributed by atoms with Crippen LogP contribution in [0.25, 0.3) is 0 Å². The van der Waals surface area contributed by atoms with Gasteiger partial charge in [0.25, 0.3) is 0 Å². The number of ether oxygens (including phenoxy) is 1. The number of halogens is 1. The second-order valence-corrected chi connectivity index (χ2v) is 6.35. The van der Waals surface area contributed by atoms with E-state index in [0.29, 0.717) is 18.7 Å². The van der Waals surface area contributed by atoms with Crippen LogP contribution in [0.5, 0.6) is 0 Å². The molecule has 1 heterocycles. The molecule has 1 saturated carbocycles. The van der Waals surface area contributed by atoms with Gasteiger partial charge in [-0.25, -0.2) is 0 Å². The number of fused-ring (bicyclic) bond motifs is 1. The first-order chi connectivity index (χ1) is 9.29. The molecule has 2 aliphatic rings. The Bertz CT molecular complexity index is 450. The second-order valence-electron chi connectivity index (χ2n) is 5.43. The lowest BCUT2D eigenvalue weighted by Gasteiger charge is -2.45. The molecule has 2 N–H and O–H groups in total. The highest BCUT2D eigenvalue weighted by Gasteiger charge is 2.34. The molecule has 1 aromatic rings. The van der Waals surface area contributed by atoms with Gasteiger partial charge in [-0.05, 0) is 36.6 Å². The highest BCUT2D eigenvalue weighted by atomic mass is 79.9. The van der Waals surface area contributed by atoms with Crippen molar-refractivity contribution in [2.24, 2.45) is 5.73 Å². The van der Waals surface area contributed by atoms with Gasteiger partial charge in [-0.2, -0.15) is 0 Å². The highest BCUT2D eigenvalue weighted by Crippen LogP contribution is 2.34. The summed E-state index contributed by atoms with van der Waals surface area (Å²) in [5.41, 5.74) is 8.44. The van der Waals surface area contributed by atoms with Crippen LogP contribution in [-0.2, 0) is 11.3 Å². The molecule has 2 atom stereocenters. The number of morpholine rings is 1. The third-order valence-corrected chi connectivity index (χ3v) is 4.80. The van der Waals surface area contributed by atoms with Crippen LogP contribution in [0.15, 0.2) is 22.7 Å².